The van der Waals surface area contributed by atoms with E-state index in [1.807, 2.05) is 0 Å². The highest BCUT2D eigenvalue weighted by Crippen LogP contribution is 2.05. The maximum Gasteiger partial charge on any atom is -0.0134 e. The minimum atomic E-state index is 0.806. The summed E-state index contributed by atoms with van der Waals surface area (Å²) in [7, 11) is 0. The molecule has 0 heteroatoms. The fourth-order valence-electron chi connectivity index (χ4n) is 0.347. The zero-order valence-electron chi connectivity index (χ0n) is 5.48. The Bertz CT molecular complexity index is 188. The molecule has 0 aliphatic rings. The fraction of sp³-hybridized carbons (Fsp3) is 0. The van der Waals surface area contributed by atoms with Gasteiger partial charge in [-0.15, -0.1) is 5.73 Å². The van der Waals surface area contributed by atoms with Gasteiger partial charge in [0.2, 0.25) is 0 Å². The molecule has 0 aromatic carbocycles. The van der Waals surface area contributed by atoms with Gasteiger partial charge in [0.15, 0.2) is 0 Å². The zero-order chi connectivity index (χ0) is 7.28. The van der Waals surface area contributed by atoms with E-state index < -0.39 is 0 Å². The van der Waals surface area contributed by atoms with Crippen molar-refractivity contribution in [2.45, 2.75) is 0 Å². The smallest absolute Gasteiger partial charge is 0.0134 e. The van der Waals surface area contributed by atoms with Gasteiger partial charge in [-0.3, -0.25) is 0 Å². The molecule has 0 rings (SSSR count). The maximum absolute atomic E-state index is 3.69. The van der Waals surface area contributed by atoms with Crippen molar-refractivity contribution in [2.75, 3.05) is 0 Å². The van der Waals surface area contributed by atoms with E-state index in [4.69, 9.17) is 0 Å². The topological polar surface area (TPSA) is 0 Å². The summed E-state index contributed by atoms with van der Waals surface area (Å²) in [6.45, 7) is 14.3. The summed E-state index contributed by atoms with van der Waals surface area (Å²) in [5.74, 6) is 0. The highest BCUT2D eigenvalue weighted by atomic mass is 13.9. The van der Waals surface area contributed by atoms with Crippen LogP contribution in [0.1, 0.15) is 0 Å². The van der Waals surface area contributed by atoms with Gasteiger partial charge in [-0.05, 0) is 17.2 Å². The summed E-state index contributed by atoms with van der Waals surface area (Å²) in [4.78, 5) is 0. The molecule has 0 spiro atoms. The quantitative estimate of drug-likeness (QED) is 0.394. The highest BCUT2D eigenvalue weighted by Gasteiger charge is 1.86. The van der Waals surface area contributed by atoms with Crippen molar-refractivity contribution >= 4 is 0 Å². The second-order valence-corrected chi connectivity index (χ2v) is 1.60. The van der Waals surface area contributed by atoms with Crippen molar-refractivity contribution in [1.82, 2.24) is 0 Å². The summed E-state index contributed by atoms with van der Waals surface area (Å²) in [6, 6.07) is 0. The predicted octanol–water partition coefficient (Wildman–Crippen LogP) is 2.63. The Morgan fingerprint density at radius 1 is 1.22 bits per heavy atom. The van der Waals surface area contributed by atoms with E-state index in [-0.39, 0.29) is 0 Å². The van der Waals surface area contributed by atoms with Gasteiger partial charge in [-0.25, -0.2) is 0 Å². The van der Waals surface area contributed by atoms with E-state index in [0.717, 1.165) is 11.1 Å². The van der Waals surface area contributed by atoms with Crippen LogP contribution >= 0.6 is 0 Å². The van der Waals surface area contributed by atoms with Crippen LogP contribution in [0.25, 0.3) is 0 Å². The molecule has 0 nitrogen and oxygen atoms in total. The lowest BCUT2D eigenvalue weighted by Crippen LogP contribution is -1.73. The molecule has 0 aromatic rings. The second-order valence-electron chi connectivity index (χ2n) is 1.60. The van der Waals surface area contributed by atoms with Gasteiger partial charge < -0.3 is 0 Å². The molecule has 0 saturated heterocycles. The first kappa shape index (κ1) is 7.74. The van der Waals surface area contributed by atoms with Crippen molar-refractivity contribution in [3.63, 3.8) is 0 Å². The molecule has 0 radical (unpaired) electrons. The molecule has 0 aliphatic heterocycles. The van der Waals surface area contributed by atoms with E-state index in [0.29, 0.717) is 0 Å². The summed E-state index contributed by atoms with van der Waals surface area (Å²) >= 11 is 0. The Balaban J connectivity index is 4.21. The Kier molecular flexibility index (Phi) is 3.19. The normalized spacial score (nSPS) is 7.11. The van der Waals surface area contributed by atoms with Gasteiger partial charge in [0, 0.05) is 0 Å². The standard InChI is InChI=1S/C9H10/c1-5-7-9(4)8(3)6-2/h6-7H,1-4H2. The average Bonchev–Trinajstić information content (AvgIpc) is 1.87. The Labute approximate surface area is 56.2 Å². The van der Waals surface area contributed by atoms with Crippen LogP contribution in [0.5, 0.6) is 0 Å². The minimum Gasteiger partial charge on any atom is -0.128 e. The molecular formula is C9H10. The number of hydrogen-bond donors (Lipinski definition) is 0. The van der Waals surface area contributed by atoms with E-state index in [1.165, 1.54) is 0 Å². The lowest BCUT2D eigenvalue weighted by Gasteiger charge is -1.92. The SMILES string of the molecule is C=C=CC(=C)C(=C)C=C. The van der Waals surface area contributed by atoms with Gasteiger partial charge in [0.1, 0.15) is 0 Å². The Morgan fingerprint density at radius 3 is 2.11 bits per heavy atom. The summed E-state index contributed by atoms with van der Waals surface area (Å²) in [5.41, 5.74) is 4.22. The van der Waals surface area contributed by atoms with Crippen molar-refractivity contribution in [1.29, 1.82) is 0 Å². The minimum absolute atomic E-state index is 0.806. The lowest BCUT2D eigenvalue weighted by molar-refractivity contribution is 1.63. The molecule has 0 heterocycles. The van der Waals surface area contributed by atoms with Crippen LogP contribution < -0.4 is 0 Å². The van der Waals surface area contributed by atoms with E-state index in [1.54, 1.807) is 12.2 Å². The largest absolute Gasteiger partial charge is 0.128 e. The van der Waals surface area contributed by atoms with Crippen molar-refractivity contribution < 1.29 is 0 Å². The fourth-order valence-corrected chi connectivity index (χ4v) is 0.347. The predicted molar refractivity (Wildman–Crippen MR) is 42.2 cm³/mol. The van der Waals surface area contributed by atoms with Crippen molar-refractivity contribution in [3.05, 3.63) is 55.3 Å². The molecule has 0 atom stereocenters. The van der Waals surface area contributed by atoms with Crippen LogP contribution in [0.2, 0.25) is 0 Å². The second kappa shape index (κ2) is 3.71. The third kappa shape index (κ3) is 2.53. The van der Waals surface area contributed by atoms with E-state index in [2.05, 4.69) is 32.0 Å². The highest BCUT2D eigenvalue weighted by molar-refractivity contribution is 5.41. The third-order valence-corrected chi connectivity index (χ3v) is 0.935. The Hall–Kier alpha value is -1.26. The molecule has 0 bridgehead atoms. The first-order valence-corrected chi connectivity index (χ1v) is 2.58. The molecule has 0 fully saturated rings. The number of allylic oxidation sites excluding steroid dienone is 4. The van der Waals surface area contributed by atoms with Gasteiger partial charge in [-0.1, -0.05) is 32.4 Å². The van der Waals surface area contributed by atoms with Crippen LogP contribution in [-0.2, 0) is 0 Å². The number of rotatable bonds is 3. The molecule has 0 amide bonds. The average molecular weight is 118 g/mol. The maximum atomic E-state index is 3.69. The van der Waals surface area contributed by atoms with E-state index >= 15 is 0 Å². The number of hydrogen-bond acceptors (Lipinski definition) is 0. The first-order valence-electron chi connectivity index (χ1n) is 2.58. The molecule has 0 saturated carbocycles. The Morgan fingerprint density at radius 2 is 1.78 bits per heavy atom. The van der Waals surface area contributed by atoms with Crippen LogP contribution in [0.3, 0.4) is 0 Å². The molecule has 9 heavy (non-hydrogen) atoms. The third-order valence-electron chi connectivity index (χ3n) is 0.935. The van der Waals surface area contributed by atoms with Crippen molar-refractivity contribution in [3.8, 4) is 0 Å². The molecule has 0 N–H and O–H groups in total. The molecular weight excluding hydrogens is 108 g/mol. The lowest BCUT2D eigenvalue weighted by atomic mass is 10.1. The summed E-state index contributed by atoms with van der Waals surface area (Å²) in [5, 5.41) is 0. The summed E-state index contributed by atoms with van der Waals surface area (Å²) < 4.78 is 0. The monoisotopic (exact) mass is 118 g/mol. The zero-order valence-corrected chi connectivity index (χ0v) is 5.48. The molecule has 0 aliphatic carbocycles. The molecule has 46 valence electrons. The summed E-state index contributed by atoms with van der Waals surface area (Å²) in [6.07, 6.45) is 3.32. The van der Waals surface area contributed by atoms with Crippen LogP contribution in [0, 0.1) is 0 Å². The first-order chi connectivity index (χ1) is 4.22. The van der Waals surface area contributed by atoms with E-state index in [9.17, 15) is 0 Å². The van der Waals surface area contributed by atoms with Gasteiger partial charge >= 0.3 is 0 Å². The van der Waals surface area contributed by atoms with Crippen LogP contribution in [0.4, 0.5) is 0 Å². The van der Waals surface area contributed by atoms with Gasteiger partial charge in [0.25, 0.3) is 0 Å². The molecule has 0 unspecified atom stereocenters. The van der Waals surface area contributed by atoms with Crippen LogP contribution in [-0.4, -0.2) is 0 Å². The van der Waals surface area contributed by atoms with Gasteiger partial charge in [-0.2, -0.15) is 0 Å². The van der Waals surface area contributed by atoms with Crippen LogP contribution in [0.15, 0.2) is 55.3 Å². The van der Waals surface area contributed by atoms with Crippen molar-refractivity contribution in [2.24, 2.45) is 0 Å². The van der Waals surface area contributed by atoms with Gasteiger partial charge in [0.05, 0.1) is 0 Å². The molecule has 0 aromatic heterocycles.